The first kappa shape index (κ1) is 15.6. The molecule has 1 atom stereocenters. The summed E-state index contributed by atoms with van der Waals surface area (Å²) in [5.41, 5.74) is 1.50. The van der Waals surface area contributed by atoms with Crippen molar-refractivity contribution in [2.75, 3.05) is 6.54 Å². The van der Waals surface area contributed by atoms with Crippen molar-refractivity contribution in [3.05, 3.63) is 83.9 Å². The number of carbonyl (C=O) groups excluding carboxylic acids is 1. The van der Waals surface area contributed by atoms with Gasteiger partial charge in [0, 0.05) is 6.54 Å². The maximum Gasteiger partial charge on any atom is 0.290 e. The third kappa shape index (κ3) is 2.95. The Bertz CT molecular complexity index is 888. The molecule has 0 aliphatic carbocycles. The maximum absolute atomic E-state index is 13.9. The van der Waals surface area contributed by atoms with E-state index in [1.54, 1.807) is 30.3 Å². The minimum absolute atomic E-state index is 0.0655. The number of benzene rings is 2. The largest absolute Gasteiger partial charge is 0.451 e. The monoisotopic (exact) mass is 335 g/mol. The summed E-state index contributed by atoms with van der Waals surface area (Å²) in [6, 6.07) is 19.8. The van der Waals surface area contributed by atoms with Crippen molar-refractivity contribution in [3.63, 3.8) is 0 Å². The number of hydrogen-bond donors (Lipinski definition) is 0. The van der Waals surface area contributed by atoms with Crippen LogP contribution in [-0.4, -0.2) is 17.4 Å². The summed E-state index contributed by atoms with van der Waals surface area (Å²) in [7, 11) is 0. The topological polar surface area (TPSA) is 33.5 Å². The van der Waals surface area contributed by atoms with Gasteiger partial charge in [0.1, 0.15) is 11.6 Å². The number of carbonyl (C=O) groups is 1. The van der Waals surface area contributed by atoms with E-state index >= 15 is 0 Å². The second kappa shape index (κ2) is 6.55. The van der Waals surface area contributed by atoms with Crippen molar-refractivity contribution in [1.82, 2.24) is 4.90 Å². The Morgan fingerprint density at radius 2 is 1.76 bits per heavy atom. The van der Waals surface area contributed by atoms with Crippen LogP contribution in [0.15, 0.2) is 71.1 Å². The Balaban J connectivity index is 1.60. The molecule has 4 rings (SSSR count). The number of halogens is 1. The molecule has 25 heavy (non-hydrogen) atoms. The molecular formula is C21H18FNO2. The van der Waals surface area contributed by atoms with Crippen LogP contribution in [0.2, 0.25) is 0 Å². The first-order chi connectivity index (χ1) is 12.2. The molecule has 0 saturated carbocycles. The van der Waals surface area contributed by atoms with Gasteiger partial charge in [-0.15, -0.1) is 0 Å². The number of furan rings is 1. The zero-order valence-corrected chi connectivity index (χ0v) is 13.7. The van der Waals surface area contributed by atoms with E-state index < -0.39 is 0 Å². The Labute approximate surface area is 145 Å². The molecule has 1 aliphatic rings. The SMILES string of the molecule is O=C(c1ccc(-c2ccccc2F)o1)N1CCCC1c1ccccc1. The van der Waals surface area contributed by atoms with Crippen LogP contribution in [-0.2, 0) is 0 Å². The van der Waals surface area contributed by atoms with Crippen LogP contribution in [0.3, 0.4) is 0 Å². The zero-order valence-electron chi connectivity index (χ0n) is 13.7. The minimum Gasteiger partial charge on any atom is -0.451 e. The zero-order chi connectivity index (χ0) is 17.2. The Kier molecular flexibility index (Phi) is 4.10. The van der Waals surface area contributed by atoms with Gasteiger partial charge < -0.3 is 9.32 Å². The van der Waals surface area contributed by atoms with Gasteiger partial charge >= 0.3 is 0 Å². The Hall–Kier alpha value is -2.88. The second-order valence-corrected chi connectivity index (χ2v) is 6.21. The molecule has 1 aliphatic heterocycles. The molecule has 0 N–H and O–H groups in total. The molecule has 2 aromatic carbocycles. The van der Waals surface area contributed by atoms with Gasteiger partial charge in [0.15, 0.2) is 5.76 Å². The number of amides is 1. The average Bonchev–Trinajstić information content (AvgIpc) is 3.32. The van der Waals surface area contributed by atoms with Crippen molar-refractivity contribution < 1.29 is 13.6 Å². The number of nitrogens with zero attached hydrogens (tertiary/aromatic N) is 1. The fraction of sp³-hybridized carbons (Fsp3) is 0.190. The average molecular weight is 335 g/mol. The van der Waals surface area contributed by atoms with Gasteiger partial charge in [0.25, 0.3) is 5.91 Å². The predicted molar refractivity (Wildman–Crippen MR) is 93.6 cm³/mol. The van der Waals surface area contributed by atoms with Crippen molar-refractivity contribution in [1.29, 1.82) is 0 Å². The molecule has 1 saturated heterocycles. The maximum atomic E-state index is 13.9. The smallest absolute Gasteiger partial charge is 0.290 e. The van der Waals surface area contributed by atoms with Crippen LogP contribution in [0.25, 0.3) is 11.3 Å². The van der Waals surface area contributed by atoms with Gasteiger partial charge in [0.05, 0.1) is 11.6 Å². The standard InChI is InChI=1S/C21H18FNO2/c22-17-10-5-4-9-16(17)19-12-13-20(25-19)21(24)23-14-6-11-18(23)15-7-2-1-3-8-15/h1-5,7-10,12-13,18H,6,11,14H2. The van der Waals surface area contributed by atoms with E-state index in [0.29, 0.717) is 17.9 Å². The van der Waals surface area contributed by atoms with E-state index in [0.717, 1.165) is 18.4 Å². The predicted octanol–water partition coefficient (Wildman–Crippen LogP) is 5.06. The van der Waals surface area contributed by atoms with Gasteiger partial charge in [-0.25, -0.2) is 4.39 Å². The summed E-state index contributed by atoms with van der Waals surface area (Å²) in [5.74, 6) is 0.117. The molecule has 3 nitrogen and oxygen atoms in total. The quantitative estimate of drug-likeness (QED) is 0.670. The summed E-state index contributed by atoms with van der Waals surface area (Å²) in [6.07, 6.45) is 1.91. The molecular weight excluding hydrogens is 317 g/mol. The Morgan fingerprint density at radius 3 is 2.56 bits per heavy atom. The number of likely N-dealkylation sites (tertiary alicyclic amines) is 1. The highest BCUT2D eigenvalue weighted by atomic mass is 19.1. The van der Waals surface area contributed by atoms with E-state index in [1.807, 2.05) is 35.2 Å². The fourth-order valence-corrected chi connectivity index (χ4v) is 3.43. The first-order valence-corrected chi connectivity index (χ1v) is 8.45. The molecule has 0 bridgehead atoms. The second-order valence-electron chi connectivity index (χ2n) is 6.21. The van der Waals surface area contributed by atoms with E-state index in [9.17, 15) is 9.18 Å². The first-order valence-electron chi connectivity index (χ1n) is 8.45. The summed E-state index contributed by atoms with van der Waals surface area (Å²) in [5, 5.41) is 0. The molecule has 1 aromatic heterocycles. The molecule has 3 aromatic rings. The summed E-state index contributed by atoms with van der Waals surface area (Å²) in [6.45, 7) is 0.703. The van der Waals surface area contributed by atoms with E-state index in [4.69, 9.17) is 4.42 Å². The van der Waals surface area contributed by atoms with Crippen molar-refractivity contribution >= 4 is 5.91 Å². The molecule has 0 radical (unpaired) electrons. The van der Waals surface area contributed by atoms with Crippen LogP contribution < -0.4 is 0 Å². The molecule has 1 unspecified atom stereocenters. The van der Waals surface area contributed by atoms with Crippen molar-refractivity contribution in [3.8, 4) is 11.3 Å². The van der Waals surface area contributed by atoms with Crippen molar-refractivity contribution in [2.24, 2.45) is 0 Å². The van der Waals surface area contributed by atoms with Crippen LogP contribution in [0.1, 0.15) is 35.0 Å². The lowest BCUT2D eigenvalue weighted by Crippen LogP contribution is -2.30. The van der Waals surface area contributed by atoms with Gasteiger partial charge in [-0.1, -0.05) is 42.5 Å². The summed E-state index contributed by atoms with van der Waals surface area (Å²) < 4.78 is 19.6. The molecule has 126 valence electrons. The van der Waals surface area contributed by atoms with E-state index in [-0.39, 0.29) is 23.5 Å². The minimum atomic E-state index is -0.362. The normalized spacial score (nSPS) is 17.0. The van der Waals surface area contributed by atoms with Crippen LogP contribution in [0.5, 0.6) is 0 Å². The Morgan fingerprint density at radius 1 is 1.00 bits per heavy atom. The number of rotatable bonds is 3. The third-order valence-electron chi connectivity index (χ3n) is 4.65. The van der Waals surface area contributed by atoms with Gasteiger partial charge in [-0.05, 0) is 42.7 Å². The molecule has 2 heterocycles. The molecule has 1 fully saturated rings. The van der Waals surface area contributed by atoms with E-state index in [1.165, 1.54) is 6.07 Å². The van der Waals surface area contributed by atoms with E-state index in [2.05, 4.69) is 0 Å². The van der Waals surface area contributed by atoms with Gasteiger partial charge in [-0.3, -0.25) is 4.79 Å². The lowest BCUT2D eigenvalue weighted by Gasteiger charge is -2.24. The highest BCUT2D eigenvalue weighted by Crippen LogP contribution is 2.34. The fourth-order valence-electron chi connectivity index (χ4n) is 3.43. The van der Waals surface area contributed by atoms with Gasteiger partial charge in [0.2, 0.25) is 0 Å². The summed E-state index contributed by atoms with van der Waals surface area (Å²) >= 11 is 0. The lowest BCUT2D eigenvalue weighted by molar-refractivity contribution is 0.0704. The highest BCUT2D eigenvalue weighted by molar-refractivity contribution is 5.92. The molecule has 0 spiro atoms. The highest BCUT2D eigenvalue weighted by Gasteiger charge is 2.32. The molecule has 4 heteroatoms. The molecule has 1 amide bonds. The third-order valence-corrected chi connectivity index (χ3v) is 4.65. The van der Waals surface area contributed by atoms with Crippen LogP contribution in [0, 0.1) is 5.82 Å². The van der Waals surface area contributed by atoms with Crippen molar-refractivity contribution in [2.45, 2.75) is 18.9 Å². The van der Waals surface area contributed by atoms with Gasteiger partial charge in [-0.2, -0.15) is 0 Å². The summed E-state index contributed by atoms with van der Waals surface area (Å²) in [4.78, 5) is 14.7. The van der Waals surface area contributed by atoms with Crippen LogP contribution in [0.4, 0.5) is 4.39 Å². The van der Waals surface area contributed by atoms with Crippen LogP contribution >= 0.6 is 0 Å². The lowest BCUT2D eigenvalue weighted by atomic mass is 10.0. The number of hydrogen-bond acceptors (Lipinski definition) is 2.